The number of nitrogens with zero attached hydrogens (tertiary/aromatic N) is 2. The molecule has 0 radical (unpaired) electrons. The van der Waals surface area contributed by atoms with Crippen molar-refractivity contribution in [3.63, 3.8) is 0 Å². The number of aryl methyl sites for hydroxylation is 5. The normalized spacial score (nSPS) is 17.0. The number of aromatic nitrogens is 2. The van der Waals surface area contributed by atoms with Crippen molar-refractivity contribution in [3.05, 3.63) is 70.4 Å². The Morgan fingerprint density at radius 2 is 1.56 bits per heavy atom. The van der Waals surface area contributed by atoms with Crippen molar-refractivity contribution in [1.29, 1.82) is 0 Å². The molecule has 6 aromatic rings. The van der Waals surface area contributed by atoms with Gasteiger partial charge in [0.15, 0.2) is 6.20 Å². The summed E-state index contributed by atoms with van der Waals surface area (Å²) in [6, 6.07) is 14.2. The lowest BCUT2D eigenvalue weighted by molar-refractivity contribution is -0.643. The van der Waals surface area contributed by atoms with E-state index in [1.54, 1.807) is 5.56 Å². The zero-order chi connectivity index (χ0) is 25.1. The molecular formula is C34H37N2+. The molecule has 1 aliphatic carbocycles. The Bertz CT molecular complexity index is 1850. The Morgan fingerprint density at radius 3 is 2.31 bits per heavy atom. The maximum atomic E-state index is 2.66. The fourth-order valence-electron chi connectivity index (χ4n) is 7.52. The first-order valence-electron chi connectivity index (χ1n) is 13.7. The largest absolute Gasteiger partial charge is 0.307 e. The Morgan fingerprint density at radius 1 is 0.806 bits per heavy atom. The second-order valence-corrected chi connectivity index (χ2v) is 12.5. The average molecular weight is 474 g/mol. The van der Waals surface area contributed by atoms with Gasteiger partial charge < -0.3 is 4.40 Å². The standard InChI is InChI=1S/C34H37N2/c1-19-9-8-10-25-29-26(23-11-14-34(5,6)15-12-23)18-24-13-16-35(7)32-27-22(4)20(2)17-21(3)31(27)36(30(19)25)33(29)28(24)32/h8-10,13,16-18,23H,11-12,14-15H2,1-7H3/q+1. The van der Waals surface area contributed by atoms with Crippen molar-refractivity contribution in [2.24, 2.45) is 12.5 Å². The molecule has 0 bridgehead atoms. The molecule has 0 amide bonds. The van der Waals surface area contributed by atoms with Crippen LogP contribution in [0, 0.1) is 33.1 Å². The Kier molecular flexibility index (Phi) is 4.43. The van der Waals surface area contributed by atoms with Gasteiger partial charge >= 0.3 is 0 Å². The van der Waals surface area contributed by atoms with Crippen LogP contribution in [0.25, 0.3) is 49.0 Å². The van der Waals surface area contributed by atoms with Gasteiger partial charge in [0.1, 0.15) is 7.05 Å². The Hall–Kier alpha value is -3.13. The molecule has 0 aliphatic heterocycles. The van der Waals surface area contributed by atoms with E-state index in [1.807, 2.05) is 0 Å². The lowest BCUT2D eigenvalue weighted by atomic mass is 9.70. The number of rotatable bonds is 1. The molecular weight excluding hydrogens is 436 g/mol. The molecule has 182 valence electrons. The number of pyridine rings is 2. The minimum atomic E-state index is 0.467. The van der Waals surface area contributed by atoms with Gasteiger partial charge in [0, 0.05) is 16.8 Å². The summed E-state index contributed by atoms with van der Waals surface area (Å²) in [4.78, 5) is 0. The highest BCUT2D eigenvalue weighted by molar-refractivity contribution is 6.28. The first kappa shape index (κ1) is 22.1. The third-order valence-electron chi connectivity index (χ3n) is 9.63. The van der Waals surface area contributed by atoms with Crippen LogP contribution in [0.1, 0.15) is 73.3 Å². The SMILES string of the molecule is Cc1cc(C)c2c(c1C)c1c3c(cc[n+]1C)cc(C1CCC(C)(C)CC1)c1c4cccc(C)c4n2c13. The predicted molar refractivity (Wildman–Crippen MR) is 154 cm³/mol. The van der Waals surface area contributed by atoms with Gasteiger partial charge in [-0.2, -0.15) is 0 Å². The van der Waals surface area contributed by atoms with Gasteiger partial charge in [0.05, 0.1) is 27.3 Å². The van der Waals surface area contributed by atoms with Crippen LogP contribution in [0.5, 0.6) is 0 Å². The molecule has 0 unspecified atom stereocenters. The van der Waals surface area contributed by atoms with Crippen LogP contribution in [-0.2, 0) is 7.05 Å². The molecule has 1 aliphatic rings. The summed E-state index contributed by atoms with van der Waals surface area (Å²) in [7, 11) is 2.22. The summed E-state index contributed by atoms with van der Waals surface area (Å²) in [6.07, 6.45) is 7.47. The summed E-state index contributed by atoms with van der Waals surface area (Å²) in [6.45, 7) is 14.1. The van der Waals surface area contributed by atoms with Crippen LogP contribution < -0.4 is 4.57 Å². The molecule has 3 aromatic carbocycles. The van der Waals surface area contributed by atoms with Gasteiger partial charge in [0.2, 0.25) is 5.52 Å². The minimum Gasteiger partial charge on any atom is -0.307 e. The van der Waals surface area contributed by atoms with Gasteiger partial charge in [-0.15, -0.1) is 0 Å². The lowest BCUT2D eigenvalue weighted by Crippen LogP contribution is -2.29. The highest BCUT2D eigenvalue weighted by atomic mass is 15.0. The van der Waals surface area contributed by atoms with Crippen LogP contribution >= 0.6 is 0 Å². The van der Waals surface area contributed by atoms with Crippen LogP contribution in [0.15, 0.2) is 42.6 Å². The van der Waals surface area contributed by atoms with Crippen molar-refractivity contribution in [3.8, 4) is 0 Å². The fourth-order valence-corrected chi connectivity index (χ4v) is 7.52. The highest BCUT2D eigenvalue weighted by Crippen LogP contribution is 2.49. The molecule has 2 heteroatoms. The van der Waals surface area contributed by atoms with E-state index in [2.05, 4.69) is 100 Å². The molecule has 3 heterocycles. The third kappa shape index (κ3) is 2.76. The average Bonchev–Trinajstić information content (AvgIpc) is 3.19. The topological polar surface area (TPSA) is 8.29 Å². The second kappa shape index (κ2) is 7.22. The van der Waals surface area contributed by atoms with Crippen molar-refractivity contribution in [2.75, 3.05) is 0 Å². The number of fused-ring (bicyclic) bond motifs is 6. The summed E-state index contributed by atoms with van der Waals surface area (Å²) in [5, 5.41) is 7.14. The van der Waals surface area contributed by atoms with Crippen molar-refractivity contribution in [2.45, 2.75) is 73.1 Å². The lowest BCUT2D eigenvalue weighted by Gasteiger charge is -2.35. The smallest absolute Gasteiger partial charge is 0.224 e. The van der Waals surface area contributed by atoms with Crippen molar-refractivity contribution in [1.82, 2.24) is 4.40 Å². The summed E-state index contributed by atoms with van der Waals surface area (Å²) >= 11 is 0. The molecule has 1 fully saturated rings. The molecule has 7 rings (SSSR count). The number of hydrogen-bond acceptors (Lipinski definition) is 0. The Labute approximate surface area is 213 Å². The van der Waals surface area contributed by atoms with E-state index in [4.69, 9.17) is 0 Å². The van der Waals surface area contributed by atoms with Gasteiger partial charge in [-0.05, 0) is 104 Å². The first-order valence-corrected chi connectivity index (χ1v) is 13.7. The predicted octanol–water partition coefficient (Wildman–Crippen LogP) is 8.73. The molecule has 2 nitrogen and oxygen atoms in total. The quantitative estimate of drug-likeness (QED) is 0.128. The van der Waals surface area contributed by atoms with E-state index in [1.165, 1.54) is 96.9 Å². The van der Waals surface area contributed by atoms with Crippen LogP contribution in [-0.4, -0.2) is 4.40 Å². The molecule has 36 heavy (non-hydrogen) atoms. The summed E-state index contributed by atoms with van der Waals surface area (Å²) in [5.41, 5.74) is 13.1. The summed E-state index contributed by atoms with van der Waals surface area (Å²) in [5.74, 6) is 0.627. The second-order valence-electron chi connectivity index (χ2n) is 12.5. The van der Waals surface area contributed by atoms with Crippen LogP contribution in [0.2, 0.25) is 0 Å². The maximum Gasteiger partial charge on any atom is 0.224 e. The first-order chi connectivity index (χ1) is 17.2. The number of hydrogen-bond donors (Lipinski definition) is 0. The number of benzene rings is 3. The van der Waals surface area contributed by atoms with E-state index in [-0.39, 0.29) is 0 Å². The molecule has 0 N–H and O–H groups in total. The monoisotopic (exact) mass is 473 g/mol. The molecule has 0 spiro atoms. The molecule has 1 saturated carbocycles. The molecule has 3 aromatic heterocycles. The van der Waals surface area contributed by atoms with E-state index in [9.17, 15) is 0 Å². The van der Waals surface area contributed by atoms with E-state index in [0.29, 0.717) is 11.3 Å². The third-order valence-corrected chi connectivity index (χ3v) is 9.63. The van der Waals surface area contributed by atoms with Crippen molar-refractivity contribution >= 4 is 49.0 Å². The van der Waals surface area contributed by atoms with Gasteiger partial charge in [-0.1, -0.05) is 38.1 Å². The minimum absolute atomic E-state index is 0.467. The fraction of sp³-hybridized carbons (Fsp3) is 0.382. The molecule has 0 saturated heterocycles. The highest BCUT2D eigenvalue weighted by Gasteiger charge is 2.32. The van der Waals surface area contributed by atoms with Crippen molar-refractivity contribution < 1.29 is 4.57 Å². The van der Waals surface area contributed by atoms with Gasteiger partial charge in [-0.3, -0.25) is 0 Å². The zero-order valence-corrected chi connectivity index (χ0v) is 22.8. The Balaban J connectivity index is 1.79. The summed E-state index contributed by atoms with van der Waals surface area (Å²) < 4.78 is 5.02. The number of para-hydroxylation sites is 1. The van der Waals surface area contributed by atoms with Gasteiger partial charge in [0.25, 0.3) is 0 Å². The van der Waals surface area contributed by atoms with Crippen LogP contribution in [0.3, 0.4) is 0 Å². The van der Waals surface area contributed by atoms with Gasteiger partial charge in [-0.25, -0.2) is 4.57 Å². The van der Waals surface area contributed by atoms with Crippen LogP contribution in [0.4, 0.5) is 0 Å². The zero-order valence-electron chi connectivity index (χ0n) is 22.8. The van der Waals surface area contributed by atoms with E-state index >= 15 is 0 Å². The van der Waals surface area contributed by atoms with E-state index < -0.39 is 0 Å². The van der Waals surface area contributed by atoms with E-state index in [0.717, 1.165) is 0 Å². The molecule has 0 atom stereocenters. The maximum absolute atomic E-state index is 2.66.